The van der Waals surface area contributed by atoms with Crippen molar-refractivity contribution < 1.29 is 9.53 Å². The highest BCUT2D eigenvalue weighted by Gasteiger charge is 2.29. The molecule has 0 aliphatic carbocycles. The minimum absolute atomic E-state index is 0.105. The molecule has 1 aliphatic heterocycles. The van der Waals surface area contributed by atoms with Crippen LogP contribution in [0.1, 0.15) is 23.8 Å². The monoisotopic (exact) mass is 262 g/mol. The van der Waals surface area contributed by atoms with Crippen molar-refractivity contribution in [1.82, 2.24) is 9.80 Å². The first kappa shape index (κ1) is 14.0. The van der Waals surface area contributed by atoms with E-state index in [4.69, 9.17) is 4.74 Å². The summed E-state index contributed by atoms with van der Waals surface area (Å²) in [6, 6.07) is 8.20. The van der Waals surface area contributed by atoms with Crippen molar-refractivity contribution in [2.24, 2.45) is 0 Å². The summed E-state index contributed by atoms with van der Waals surface area (Å²) in [7, 11) is 4.10. The van der Waals surface area contributed by atoms with Crippen LogP contribution in [0.15, 0.2) is 24.3 Å². The highest BCUT2D eigenvalue weighted by molar-refractivity contribution is 5.70. The summed E-state index contributed by atoms with van der Waals surface area (Å²) >= 11 is 0. The molecular formula is C15H22N2O2. The highest BCUT2D eigenvalue weighted by atomic mass is 16.6. The zero-order chi connectivity index (χ0) is 13.8. The SMILES string of the molecule is Cc1ccc(C2OC(=O)CCN2CCN(C)C)cc1. The van der Waals surface area contributed by atoms with Crippen molar-refractivity contribution in [3.05, 3.63) is 35.4 Å². The van der Waals surface area contributed by atoms with Crippen LogP contribution in [-0.4, -0.2) is 49.5 Å². The third kappa shape index (κ3) is 3.78. The van der Waals surface area contributed by atoms with Gasteiger partial charge in [-0.05, 0) is 21.0 Å². The maximum absolute atomic E-state index is 11.5. The van der Waals surface area contributed by atoms with Crippen molar-refractivity contribution >= 4 is 5.97 Å². The Morgan fingerprint density at radius 1 is 1.32 bits per heavy atom. The van der Waals surface area contributed by atoms with E-state index in [1.807, 2.05) is 12.1 Å². The Morgan fingerprint density at radius 3 is 2.63 bits per heavy atom. The van der Waals surface area contributed by atoms with Gasteiger partial charge < -0.3 is 9.64 Å². The maximum Gasteiger partial charge on any atom is 0.308 e. The Bertz CT molecular complexity index is 428. The first-order chi connectivity index (χ1) is 9.06. The van der Waals surface area contributed by atoms with Gasteiger partial charge in [-0.1, -0.05) is 29.8 Å². The van der Waals surface area contributed by atoms with Crippen LogP contribution in [0.2, 0.25) is 0 Å². The Hall–Kier alpha value is -1.39. The van der Waals surface area contributed by atoms with Gasteiger partial charge in [0.15, 0.2) is 6.23 Å². The van der Waals surface area contributed by atoms with Crippen LogP contribution in [0.25, 0.3) is 0 Å². The lowest BCUT2D eigenvalue weighted by Gasteiger charge is -2.35. The Morgan fingerprint density at radius 2 is 2.00 bits per heavy atom. The molecule has 4 nitrogen and oxygen atoms in total. The molecule has 1 fully saturated rings. The predicted octanol–water partition coefficient (Wildman–Crippen LogP) is 1.80. The first-order valence-electron chi connectivity index (χ1n) is 6.71. The summed E-state index contributed by atoms with van der Waals surface area (Å²) in [6.07, 6.45) is 0.247. The first-order valence-corrected chi connectivity index (χ1v) is 6.71. The fraction of sp³-hybridized carbons (Fsp3) is 0.533. The van der Waals surface area contributed by atoms with Crippen LogP contribution in [-0.2, 0) is 9.53 Å². The Kier molecular flexibility index (Phi) is 4.56. The summed E-state index contributed by atoms with van der Waals surface area (Å²) in [4.78, 5) is 15.9. The molecule has 1 aromatic rings. The second-order valence-electron chi connectivity index (χ2n) is 5.34. The lowest BCUT2D eigenvalue weighted by Crippen LogP contribution is -2.42. The number of ether oxygens (including phenoxy) is 1. The van der Waals surface area contributed by atoms with Gasteiger partial charge in [0.05, 0.1) is 6.42 Å². The van der Waals surface area contributed by atoms with Crippen LogP contribution < -0.4 is 0 Å². The van der Waals surface area contributed by atoms with Crippen molar-refractivity contribution in [1.29, 1.82) is 0 Å². The third-order valence-electron chi connectivity index (χ3n) is 3.37. The molecule has 1 unspecified atom stereocenters. The molecule has 1 aliphatic rings. The fourth-order valence-corrected chi connectivity index (χ4v) is 2.18. The lowest BCUT2D eigenvalue weighted by atomic mass is 10.1. The van der Waals surface area contributed by atoms with Crippen LogP contribution in [0.4, 0.5) is 0 Å². The number of likely N-dealkylation sites (N-methyl/N-ethyl adjacent to an activating group) is 1. The van der Waals surface area contributed by atoms with Crippen LogP contribution in [0.3, 0.4) is 0 Å². The maximum atomic E-state index is 11.5. The van der Waals surface area contributed by atoms with Crippen molar-refractivity contribution in [2.45, 2.75) is 19.6 Å². The normalized spacial score (nSPS) is 20.6. The van der Waals surface area contributed by atoms with Crippen molar-refractivity contribution in [2.75, 3.05) is 33.7 Å². The molecule has 0 radical (unpaired) electrons. The van der Waals surface area contributed by atoms with Gasteiger partial charge in [0, 0.05) is 25.2 Å². The van der Waals surface area contributed by atoms with Gasteiger partial charge in [-0.3, -0.25) is 9.69 Å². The molecule has 1 saturated heterocycles. The molecule has 0 bridgehead atoms. The Balaban J connectivity index is 2.11. The molecule has 0 aromatic heterocycles. The van der Waals surface area contributed by atoms with Crippen LogP contribution in [0.5, 0.6) is 0 Å². The number of nitrogens with zero attached hydrogens (tertiary/aromatic N) is 2. The summed E-state index contributed by atoms with van der Waals surface area (Å²) in [5, 5.41) is 0. The van der Waals surface area contributed by atoms with E-state index in [-0.39, 0.29) is 12.2 Å². The van der Waals surface area contributed by atoms with E-state index in [1.165, 1.54) is 5.56 Å². The smallest absolute Gasteiger partial charge is 0.308 e. The molecule has 0 saturated carbocycles. The minimum atomic E-state index is -0.234. The molecule has 0 spiro atoms. The van der Waals surface area contributed by atoms with E-state index in [0.29, 0.717) is 6.42 Å². The number of hydrogen-bond donors (Lipinski definition) is 0. The standard InChI is InChI=1S/C15H22N2O2/c1-12-4-6-13(7-5-12)15-17(11-10-16(2)3)9-8-14(18)19-15/h4-7,15H,8-11H2,1-3H3. The van der Waals surface area contributed by atoms with Crippen LogP contribution >= 0.6 is 0 Å². The average molecular weight is 262 g/mol. The molecule has 0 N–H and O–H groups in total. The van der Waals surface area contributed by atoms with Gasteiger partial charge in [-0.15, -0.1) is 0 Å². The van der Waals surface area contributed by atoms with E-state index >= 15 is 0 Å². The minimum Gasteiger partial charge on any atom is -0.442 e. The molecule has 19 heavy (non-hydrogen) atoms. The van der Waals surface area contributed by atoms with Crippen LogP contribution in [0, 0.1) is 6.92 Å². The van der Waals surface area contributed by atoms with E-state index in [9.17, 15) is 4.79 Å². The average Bonchev–Trinajstić information content (AvgIpc) is 2.38. The second-order valence-corrected chi connectivity index (χ2v) is 5.34. The van der Waals surface area contributed by atoms with Crippen molar-refractivity contribution in [3.8, 4) is 0 Å². The second kappa shape index (κ2) is 6.17. The number of rotatable bonds is 4. The number of aryl methyl sites for hydroxylation is 1. The largest absolute Gasteiger partial charge is 0.442 e. The van der Waals surface area contributed by atoms with E-state index in [2.05, 4.69) is 43.0 Å². The molecule has 4 heteroatoms. The number of cyclic esters (lactones) is 1. The van der Waals surface area contributed by atoms with Gasteiger partial charge >= 0.3 is 5.97 Å². The molecule has 104 valence electrons. The third-order valence-corrected chi connectivity index (χ3v) is 3.37. The number of esters is 1. The quantitative estimate of drug-likeness (QED) is 0.775. The number of carbonyl (C=O) groups excluding carboxylic acids is 1. The summed E-state index contributed by atoms with van der Waals surface area (Å²) in [5.41, 5.74) is 2.27. The molecule has 0 amide bonds. The fourth-order valence-electron chi connectivity index (χ4n) is 2.18. The molecule has 1 atom stereocenters. The van der Waals surface area contributed by atoms with E-state index in [0.717, 1.165) is 25.2 Å². The summed E-state index contributed by atoms with van der Waals surface area (Å²) < 4.78 is 5.53. The molecular weight excluding hydrogens is 240 g/mol. The number of benzene rings is 1. The zero-order valence-electron chi connectivity index (χ0n) is 11.9. The predicted molar refractivity (Wildman–Crippen MR) is 74.8 cm³/mol. The lowest BCUT2D eigenvalue weighted by molar-refractivity contribution is -0.170. The zero-order valence-corrected chi connectivity index (χ0v) is 11.9. The number of hydrogen-bond acceptors (Lipinski definition) is 4. The van der Waals surface area contributed by atoms with Gasteiger partial charge in [0.2, 0.25) is 0 Å². The molecule has 1 aromatic carbocycles. The molecule has 1 heterocycles. The highest BCUT2D eigenvalue weighted by Crippen LogP contribution is 2.26. The van der Waals surface area contributed by atoms with Crippen molar-refractivity contribution in [3.63, 3.8) is 0 Å². The summed E-state index contributed by atoms with van der Waals surface area (Å²) in [5.74, 6) is -0.105. The van der Waals surface area contributed by atoms with E-state index in [1.54, 1.807) is 0 Å². The number of carbonyl (C=O) groups is 1. The molecule has 2 rings (SSSR count). The Labute approximate surface area is 115 Å². The van der Waals surface area contributed by atoms with Gasteiger partial charge in [0.1, 0.15) is 0 Å². The van der Waals surface area contributed by atoms with E-state index < -0.39 is 0 Å². The van der Waals surface area contributed by atoms with Gasteiger partial charge in [0.25, 0.3) is 0 Å². The summed E-state index contributed by atoms with van der Waals surface area (Å²) in [6.45, 7) is 4.68. The van der Waals surface area contributed by atoms with Gasteiger partial charge in [-0.25, -0.2) is 0 Å². The topological polar surface area (TPSA) is 32.8 Å². The van der Waals surface area contributed by atoms with Gasteiger partial charge in [-0.2, -0.15) is 0 Å².